The molecule has 0 aromatic heterocycles. The molecule has 0 saturated carbocycles. The van der Waals surface area contributed by atoms with E-state index in [-0.39, 0.29) is 17.4 Å². The fourth-order valence-electron chi connectivity index (χ4n) is 1.68. The van der Waals surface area contributed by atoms with Gasteiger partial charge in [0.05, 0.1) is 12.6 Å². The predicted molar refractivity (Wildman–Crippen MR) is 93.5 cm³/mol. The summed E-state index contributed by atoms with van der Waals surface area (Å²) in [5.41, 5.74) is 0. The van der Waals surface area contributed by atoms with E-state index >= 15 is 0 Å². The van der Waals surface area contributed by atoms with Crippen molar-refractivity contribution in [3.05, 3.63) is 0 Å². The van der Waals surface area contributed by atoms with Gasteiger partial charge in [0.1, 0.15) is 12.1 Å². The van der Waals surface area contributed by atoms with Gasteiger partial charge in [0.25, 0.3) is 0 Å². The van der Waals surface area contributed by atoms with Gasteiger partial charge in [-0.1, -0.05) is 13.8 Å². The number of carbonyl (C=O) groups excluding carboxylic acids is 2. The first-order valence-corrected chi connectivity index (χ1v) is 8.40. The first kappa shape index (κ1) is 22.5. The number of amides is 2. The van der Waals surface area contributed by atoms with Gasteiger partial charge >= 0.3 is 11.9 Å². The predicted octanol–water partition coefficient (Wildman–Crippen LogP) is -1.40. The van der Waals surface area contributed by atoms with Crippen molar-refractivity contribution in [2.75, 3.05) is 18.1 Å². The minimum absolute atomic E-state index is 0.0176. The Morgan fingerprint density at radius 2 is 1.42 bits per heavy atom. The van der Waals surface area contributed by atoms with Crippen LogP contribution in [0.1, 0.15) is 13.8 Å². The molecular weight excluding hydrogens is 358 g/mol. The van der Waals surface area contributed by atoms with Gasteiger partial charge in [-0.15, -0.1) is 0 Å². The number of carbonyl (C=O) groups is 4. The summed E-state index contributed by atoms with van der Waals surface area (Å²) in [4.78, 5) is 45.8. The van der Waals surface area contributed by atoms with Gasteiger partial charge in [-0.05, 0) is 5.92 Å². The van der Waals surface area contributed by atoms with E-state index in [0.717, 1.165) is 0 Å². The van der Waals surface area contributed by atoms with Crippen molar-refractivity contribution in [2.45, 2.75) is 32.0 Å². The highest BCUT2D eigenvalue weighted by Gasteiger charge is 2.29. The Morgan fingerprint density at radius 3 is 1.79 bits per heavy atom. The van der Waals surface area contributed by atoms with E-state index < -0.39 is 48.4 Å². The van der Waals surface area contributed by atoms with Crippen molar-refractivity contribution in [2.24, 2.45) is 5.92 Å². The molecule has 5 N–H and O–H groups in total. The smallest absolute Gasteiger partial charge is 0.326 e. The maximum Gasteiger partial charge on any atom is 0.326 e. The summed E-state index contributed by atoms with van der Waals surface area (Å²) < 4.78 is 0. The molecule has 0 aliphatic carbocycles. The van der Waals surface area contributed by atoms with Crippen molar-refractivity contribution in [1.29, 1.82) is 0 Å². The average molecular weight is 381 g/mol. The summed E-state index contributed by atoms with van der Waals surface area (Å²) in [5.74, 6) is -4.01. The Hall–Kier alpha value is -1.46. The fourth-order valence-corrected chi connectivity index (χ4v) is 2.24. The number of carboxylic acids is 2. The second kappa shape index (κ2) is 11.2. The molecule has 0 radical (unpaired) electrons. The van der Waals surface area contributed by atoms with E-state index in [4.69, 9.17) is 10.2 Å². The van der Waals surface area contributed by atoms with Crippen LogP contribution in [0, 0.1) is 5.92 Å². The zero-order valence-electron chi connectivity index (χ0n) is 13.4. The standard InChI is InChI=1S/C13H23N3O6S2/c1-6(2)10(13(21)22)16-12(20)8(5-24)15-11(19)7(4-23)14-3-9(17)18/h6-8,10,14,23-24H,3-5H2,1-2H3,(H,15,19)(H,16,20)(H,17,18)(H,21,22)/t7-,8-,10+/m0/s1. The number of thiol groups is 2. The van der Waals surface area contributed by atoms with E-state index in [9.17, 15) is 19.2 Å². The lowest BCUT2D eigenvalue weighted by Gasteiger charge is -2.24. The molecule has 0 spiro atoms. The van der Waals surface area contributed by atoms with E-state index in [1.165, 1.54) is 0 Å². The molecule has 9 nitrogen and oxygen atoms in total. The molecule has 138 valence electrons. The van der Waals surface area contributed by atoms with Gasteiger partial charge in [-0.3, -0.25) is 19.7 Å². The van der Waals surface area contributed by atoms with E-state index in [0.29, 0.717) is 0 Å². The van der Waals surface area contributed by atoms with Crippen LogP contribution in [0.25, 0.3) is 0 Å². The molecule has 0 heterocycles. The monoisotopic (exact) mass is 381 g/mol. The topological polar surface area (TPSA) is 145 Å². The third-order valence-electron chi connectivity index (χ3n) is 3.04. The molecule has 0 aromatic rings. The van der Waals surface area contributed by atoms with Gasteiger partial charge in [-0.25, -0.2) is 4.79 Å². The van der Waals surface area contributed by atoms with E-state index in [1.54, 1.807) is 13.8 Å². The largest absolute Gasteiger partial charge is 0.480 e. The van der Waals surface area contributed by atoms with Crippen molar-refractivity contribution >= 4 is 49.0 Å². The van der Waals surface area contributed by atoms with Crippen LogP contribution >= 0.6 is 25.3 Å². The molecule has 0 aromatic carbocycles. The maximum atomic E-state index is 12.1. The van der Waals surface area contributed by atoms with Gasteiger partial charge in [0.15, 0.2) is 0 Å². The van der Waals surface area contributed by atoms with Crippen molar-refractivity contribution < 1.29 is 29.4 Å². The van der Waals surface area contributed by atoms with Crippen molar-refractivity contribution in [3.8, 4) is 0 Å². The molecule has 0 aliphatic heterocycles. The van der Waals surface area contributed by atoms with Crippen LogP contribution in [0.15, 0.2) is 0 Å². The average Bonchev–Trinajstić information content (AvgIpc) is 2.49. The van der Waals surface area contributed by atoms with Crippen LogP contribution < -0.4 is 16.0 Å². The summed E-state index contributed by atoms with van der Waals surface area (Å²) in [6.07, 6.45) is 0. The number of hydrogen-bond donors (Lipinski definition) is 7. The lowest BCUT2D eigenvalue weighted by atomic mass is 10.0. The number of nitrogens with one attached hydrogen (secondary N) is 3. The third-order valence-corrected chi connectivity index (χ3v) is 3.78. The molecule has 0 saturated heterocycles. The first-order chi connectivity index (χ1) is 11.1. The number of carboxylic acid groups (broad SMARTS) is 2. The molecule has 0 rings (SSSR count). The van der Waals surface area contributed by atoms with Crippen molar-refractivity contribution in [3.63, 3.8) is 0 Å². The van der Waals surface area contributed by atoms with Crippen LogP contribution in [0.5, 0.6) is 0 Å². The van der Waals surface area contributed by atoms with Crippen LogP contribution in [-0.2, 0) is 19.2 Å². The summed E-state index contributed by atoms with van der Waals surface area (Å²) in [6.45, 7) is 2.84. The minimum atomic E-state index is -1.18. The first-order valence-electron chi connectivity index (χ1n) is 7.14. The second-order valence-electron chi connectivity index (χ2n) is 5.32. The molecule has 11 heteroatoms. The van der Waals surface area contributed by atoms with Crippen LogP contribution in [-0.4, -0.2) is 70.1 Å². The Bertz CT molecular complexity index is 475. The third kappa shape index (κ3) is 7.88. The van der Waals surface area contributed by atoms with E-state index in [1.807, 2.05) is 0 Å². The molecule has 3 atom stereocenters. The molecule has 0 fully saturated rings. The van der Waals surface area contributed by atoms with Crippen LogP contribution in [0.3, 0.4) is 0 Å². The highest BCUT2D eigenvalue weighted by Crippen LogP contribution is 2.03. The Labute approximate surface area is 150 Å². The Kier molecular flexibility index (Phi) is 10.5. The zero-order chi connectivity index (χ0) is 18.9. The molecule has 2 amide bonds. The number of aliphatic carboxylic acids is 2. The molecular formula is C13H23N3O6S2. The maximum absolute atomic E-state index is 12.1. The van der Waals surface area contributed by atoms with Gasteiger partial charge in [0.2, 0.25) is 11.8 Å². The summed E-state index contributed by atoms with van der Waals surface area (Å²) in [5, 5.41) is 24.9. The summed E-state index contributed by atoms with van der Waals surface area (Å²) >= 11 is 7.94. The lowest BCUT2D eigenvalue weighted by molar-refractivity contribution is -0.143. The SMILES string of the molecule is CC(C)[C@@H](NC(=O)[C@H](CS)NC(=O)[C@H](CS)NCC(=O)O)C(=O)O. The van der Waals surface area contributed by atoms with Crippen LogP contribution in [0.2, 0.25) is 0 Å². The summed E-state index contributed by atoms with van der Waals surface area (Å²) in [7, 11) is 0. The molecule has 0 unspecified atom stereocenters. The normalized spacial score (nSPS) is 14.5. The molecule has 24 heavy (non-hydrogen) atoms. The Morgan fingerprint density at radius 1 is 0.917 bits per heavy atom. The van der Waals surface area contributed by atoms with Gasteiger partial charge < -0.3 is 20.8 Å². The fraction of sp³-hybridized carbons (Fsp3) is 0.692. The lowest BCUT2D eigenvalue weighted by Crippen LogP contribution is -2.57. The Balaban J connectivity index is 4.82. The minimum Gasteiger partial charge on any atom is -0.480 e. The van der Waals surface area contributed by atoms with E-state index in [2.05, 4.69) is 41.2 Å². The summed E-state index contributed by atoms with van der Waals surface area (Å²) in [6, 6.07) is -3.07. The van der Waals surface area contributed by atoms with Crippen LogP contribution in [0.4, 0.5) is 0 Å². The highest BCUT2D eigenvalue weighted by molar-refractivity contribution is 7.80. The molecule has 0 aliphatic rings. The van der Waals surface area contributed by atoms with Gasteiger partial charge in [0, 0.05) is 11.5 Å². The highest BCUT2D eigenvalue weighted by atomic mass is 32.1. The second-order valence-corrected chi connectivity index (χ2v) is 6.05. The van der Waals surface area contributed by atoms with Gasteiger partial charge in [-0.2, -0.15) is 25.3 Å². The molecule has 0 bridgehead atoms. The number of hydrogen-bond acceptors (Lipinski definition) is 7. The zero-order valence-corrected chi connectivity index (χ0v) is 15.1. The van der Waals surface area contributed by atoms with Crippen molar-refractivity contribution in [1.82, 2.24) is 16.0 Å². The number of rotatable bonds is 11. The quantitative estimate of drug-likeness (QED) is 0.218.